The molecule has 0 fully saturated rings. The number of aromatic nitrogens is 3. The quantitative estimate of drug-likeness (QED) is 0.292. The zero-order valence-corrected chi connectivity index (χ0v) is 18.8. The number of benzene rings is 1. The van der Waals surface area contributed by atoms with E-state index in [2.05, 4.69) is 25.6 Å². The van der Waals surface area contributed by atoms with Gasteiger partial charge in [0.2, 0.25) is 11.9 Å². The fourth-order valence-corrected chi connectivity index (χ4v) is 3.27. The molecule has 9 nitrogen and oxygen atoms in total. The van der Waals surface area contributed by atoms with Crippen molar-refractivity contribution in [3.8, 4) is 11.3 Å². The molecule has 186 valence electrons. The van der Waals surface area contributed by atoms with Gasteiger partial charge in [0.25, 0.3) is 0 Å². The van der Waals surface area contributed by atoms with Crippen LogP contribution in [0.2, 0.25) is 0 Å². The molecule has 0 bridgehead atoms. The lowest BCUT2D eigenvalue weighted by Gasteiger charge is -2.18. The first-order valence-corrected chi connectivity index (χ1v) is 10.7. The van der Waals surface area contributed by atoms with Crippen LogP contribution in [0.4, 0.5) is 24.9 Å². The van der Waals surface area contributed by atoms with Gasteiger partial charge in [-0.15, -0.1) is 0 Å². The lowest BCUT2D eigenvalue weighted by atomic mass is 10.1. The molecule has 0 saturated carbocycles. The molecule has 0 aliphatic rings. The first kappa shape index (κ1) is 25.8. The highest BCUT2D eigenvalue weighted by Gasteiger charge is 2.36. The maximum Gasteiger partial charge on any atom is 0.421 e. The summed E-state index contributed by atoms with van der Waals surface area (Å²) in [5.74, 6) is -1.39. The van der Waals surface area contributed by atoms with E-state index < -0.39 is 29.5 Å². The maximum absolute atomic E-state index is 13.4. The molecule has 2 aromatic heterocycles. The van der Waals surface area contributed by atoms with Gasteiger partial charge in [-0.05, 0) is 29.7 Å². The largest absolute Gasteiger partial charge is 0.421 e. The third-order valence-electron chi connectivity index (χ3n) is 5.14. The Morgan fingerprint density at radius 1 is 1.09 bits per heavy atom. The van der Waals surface area contributed by atoms with Crippen LogP contribution in [0, 0.1) is 0 Å². The number of pyridine rings is 1. The van der Waals surface area contributed by atoms with Gasteiger partial charge in [0.15, 0.2) is 0 Å². The number of hydrogen-bond acceptors (Lipinski definition) is 8. The van der Waals surface area contributed by atoms with Crippen LogP contribution in [-0.4, -0.2) is 37.1 Å². The zero-order valence-electron chi connectivity index (χ0n) is 18.8. The summed E-state index contributed by atoms with van der Waals surface area (Å²) < 4.78 is 40.1. The average molecular weight is 490 g/mol. The Bertz CT molecular complexity index is 1150. The first-order chi connectivity index (χ1) is 16.6. The van der Waals surface area contributed by atoms with Crippen LogP contribution in [0.1, 0.15) is 35.7 Å². The third-order valence-corrected chi connectivity index (χ3v) is 5.14. The Balaban J connectivity index is 1.77. The molecular formula is C23H25F3N6O3. The smallest absolute Gasteiger partial charge is 0.392 e. The number of amides is 1. The molecule has 2 heterocycles. The third kappa shape index (κ3) is 6.64. The fraction of sp³-hybridized carbons (Fsp3) is 0.304. The second-order valence-corrected chi connectivity index (χ2v) is 7.68. The van der Waals surface area contributed by atoms with Crippen molar-refractivity contribution in [3.05, 3.63) is 65.0 Å². The topological polar surface area (TPSA) is 146 Å². The zero-order chi connectivity index (χ0) is 25.6. The van der Waals surface area contributed by atoms with Crippen LogP contribution in [0.15, 0.2) is 42.6 Å². The van der Waals surface area contributed by atoms with E-state index in [1.807, 2.05) is 0 Å². The highest BCUT2D eigenvalue weighted by molar-refractivity contribution is 5.82. The highest BCUT2D eigenvalue weighted by atomic mass is 19.4. The van der Waals surface area contributed by atoms with Gasteiger partial charge in [0.05, 0.1) is 24.6 Å². The highest BCUT2D eigenvalue weighted by Crippen LogP contribution is 2.34. The predicted molar refractivity (Wildman–Crippen MR) is 123 cm³/mol. The van der Waals surface area contributed by atoms with Crippen LogP contribution >= 0.6 is 0 Å². The van der Waals surface area contributed by atoms with Crippen molar-refractivity contribution in [1.82, 2.24) is 15.0 Å². The second-order valence-electron chi connectivity index (χ2n) is 7.68. The Labute approximate surface area is 199 Å². The lowest BCUT2D eigenvalue weighted by molar-refractivity contribution is -0.137. The number of nitrogens with two attached hydrogens (primary N) is 1. The summed E-state index contributed by atoms with van der Waals surface area (Å²) in [6.45, 7) is 1.38. The number of aliphatic hydroxyl groups excluding tert-OH is 2. The standard InChI is InChI=1S/C23H25F3N6O3/c1-2-18(20(27)35)31-21-17(23(24,25)26)10-29-22(32-21)28-9-13-3-5-15(6-4-13)19-8-14(11-33)7-16(12-34)30-19/h3-8,10,18,33-34H,2,9,11-12H2,1H3,(H2,27,35)(H2,28,29,31,32)/t18-/m1/s1. The Morgan fingerprint density at radius 2 is 1.80 bits per heavy atom. The molecule has 0 aliphatic carbocycles. The predicted octanol–water partition coefficient (Wildman–Crippen LogP) is 2.83. The van der Waals surface area contributed by atoms with E-state index in [9.17, 15) is 28.2 Å². The van der Waals surface area contributed by atoms with Gasteiger partial charge < -0.3 is 26.6 Å². The molecule has 12 heteroatoms. The number of halogens is 3. The summed E-state index contributed by atoms with van der Waals surface area (Å²) in [4.78, 5) is 23.5. The van der Waals surface area contributed by atoms with Crippen LogP contribution in [0.5, 0.6) is 0 Å². The molecule has 0 saturated heterocycles. The number of alkyl halides is 3. The average Bonchev–Trinajstić information content (AvgIpc) is 2.85. The summed E-state index contributed by atoms with van der Waals surface area (Å²) in [5, 5.41) is 24.1. The lowest BCUT2D eigenvalue weighted by Crippen LogP contribution is -2.35. The van der Waals surface area contributed by atoms with Crippen LogP contribution in [-0.2, 0) is 30.7 Å². The monoisotopic (exact) mass is 490 g/mol. The van der Waals surface area contributed by atoms with Gasteiger partial charge in [-0.2, -0.15) is 18.2 Å². The number of carbonyl (C=O) groups is 1. The molecule has 1 aromatic carbocycles. The van der Waals surface area contributed by atoms with Crippen molar-refractivity contribution in [2.75, 3.05) is 10.6 Å². The second kappa shape index (κ2) is 11.1. The van der Waals surface area contributed by atoms with Crippen molar-refractivity contribution >= 4 is 17.7 Å². The minimum absolute atomic E-state index is 0.0613. The number of nitrogens with zero attached hydrogens (tertiary/aromatic N) is 3. The van der Waals surface area contributed by atoms with E-state index in [0.29, 0.717) is 23.1 Å². The van der Waals surface area contributed by atoms with Crippen molar-refractivity contribution in [3.63, 3.8) is 0 Å². The molecule has 1 atom stereocenters. The van der Waals surface area contributed by atoms with E-state index in [4.69, 9.17) is 5.73 Å². The number of primary amides is 1. The van der Waals surface area contributed by atoms with Gasteiger partial charge in [-0.3, -0.25) is 9.78 Å². The van der Waals surface area contributed by atoms with Crippen molar-refractivity contribution in [1.29, 1.82) is 0 Å². The summed E-state index contributed by atoms with van der Waals surface area (Å²) in [6.07, 6.45) is -3.89. The van der Waals surface area contributed by atoms with Crippen molar-refractivity contribution in [2.45, 2.75) is 45.3 Å². The Morgan fingerprint density at radius 3 is 2.37 bits per heavy atom. The molecular weight excluding hydrogens is 465 g/mol. The number of aliphatic hydroxyl groups is 2. The number of anilines is 2. The van der Waals surface area contributed by atoms with E-state index >= 15 is 0 Å². The van der Waals surface area contributed by atoms with E-state index in [0.717, 1.165) is 11.1 Å². The number of hydrogen-bond donors (Lipinski definition) is 5. The minimum atomic E-state index is -4.72. The number of rotatable bonds is 10. The fourth-order valence-electron chi connectivity index (χ4n) is 3.27. The molecule has 0 aliphatic heterocycles. The summed E-state index contributed by atoms with van der Waals surface area (Å²) in [6, 6.07) is 9.47. The van der Waals surface area contributed by atoms with Gasteiger partial charge in [-0.1, -0.05) is 31.2 Å². The van der Waals surface area contributed by atoms with E-state index in [1.54, 1.807) is 43.3 Å². The first-order valence-electron chi connectivity index (χ1n) is 10.7. The van der Waals surface area contributed by atoms with Gasteiger partial charge in [0.1, 0.15) is 17.4 Å². The SMILES string of the molecule is CC[C@@H](Nc1nc(NCc2ccc(-c3cc(CO)cc(CO)n3)cc2)ncc1C(F)(F)F)C(N)=O. The number of nitrogens with one attached hydrogen (secondary N) is 2. The molecule has 0 radical (unpaired) electrons. The Hall–Kier alpha value is -3.77. The van der Waals surface area contributed by atoms with Gasteiger partial charge in [0, 0.05) is 18.3 Å². The normalized spacial score (nSPS) is 12.3. The molecule has 1 amide bonds. The van der Waals surface area contributed by atoms with Gasteiger partial charge >= 0.3 is 6.18 Å². The van der Waals surface area contributed by atoms with E-state index in [1.165, 1.54) is 0 Å². The minimum Gasteiger partial charge on any atom is -0.392 e. The van der Waals surface area contributed by atoms with Crippen LogP contribution in [0.3, 0.4) is 0 Å². The van der Waals surface area contributed by atoms with Crippen LogP contribution in [0.25, 0.3) is 11.3 Å². The molecule has 6 N–H and O–H groups in total. The van der Waals surface area contributed by atoms with E-state index in [-0.39, 0.29) is 32.1 Å². The molecule has 3 aromatic rings. The molecule has 35 heavy (non-hydrogen) atoms. The summed E-state index contributed by atoms with van der Waals surface area (Å²) >= 11 is 0. The number of carbonyl (C=O) groups excluding carboxylic acids is 1. The van der Waals surface area contributed by atoms with Crippen LogP contribution < -0.4 is 16.4 Å². The Kier molecular flexibility index (Phi) is 8.20. The van der Waals surface area contributed by atoms with Gasteiger partial charge in [-0.25, -0.2) is 4.98 Å². The van der Waals surface area contributed by atoms with Crippen molar-refractivity contribution < 1.29 is 28.2 Å². The summed E-state index contributed by atoms with van der Waals surface area (Å²) in [5.41, 5.74) is 7.32. The summed E-state index contributed by atoms with van der Waals surface area (Å²) in [7, 11) is 0. The molecule has 3 rings (SSSR count). The van der Waals surface area contributed by atoms with Crippen molar-refractivity contribution in [2.24, 2.45) is 5.73 Å². The molecule has 0 unspecified atom stereocenters. The molecule has 0 spiro atoms. The maximum atomic E-state index is 13.4.